The quantitative estimate of drug-likeness (QED) is 0.276. The minimum Gasteiger partial charge on any atom is -0.494 e. The topological polar surface area (TPSA) is 80.6 Å². The highest BCUT2D eigenvalue weighted by molar-refractivity contribution is 6.32. The summed E-state index contributed by atoms with van der Waals surface area (Å²) in [7, 11) is 0. The van der Waals surface area contributed by atoms with Gasteiger partial charge in [-0.3, -0.25) is 4.79 Å². The van der Waals surface area contributed by atoms with Crippen molar-refractivity contribution >= 4 is 29.3 Å². The molecular weight excluding hydrogens is 452 g/mol. The van der Waals surface area contributed by atoms with Crippen LogP contribution in [0.1, 0.15) is 25.0 Å². The van der Waals surface area contributed by atoms with E-state index in [0.717, 1.165) is 5.56 Å². The fraction of sp³-hybridized carbons (Fsp3) is 0.185. The summed E-state index contributed by atoms with van der Waals surface area (Å²) in [6, 6.07) is 21.9. The van der Waals surface area contributed by atoms with Crippen LogP contribution in [-0.2, 0) is 11.4 Å². The van der Waals surface area contributed by atoms with Crippen molar-refractivity contribution in [2.75, 3.05) is 18.5 Å². The Kier molecular flexibility index (Phi) is 8.96. The zero-order chi connectivity index (χ0) is 24.3. The van der Waals surface area contributed by atoms with Crippen LogP contribution in [0.4, 0.5) is 5.69 Å². The Morgan fingerprint density at radius 2 is 1.71 bits per heavy atom. The average molecular weight is 477 g/mol. The zero-order valence-electron chi connectivity index (χ0n) is 19.0. The lowest BCUT2D eigenvalue weighted by Crippen LogP contribution is -2.13. The number of halogens is 1. The van der Waals surface area contributed by atoms with E-state index < -0.39 is 5.91 Å². The van der Waals surface area contributed by atoms with Gasteiger partial charge in [-0.25, -0.2) is 0 Å². The van der Waals surface area contributed by atoms with Crippen molar-refractivity contribution in [1.29, 1.82) is 5.26 Å². The number of hydrogen-bond donors (Lipinski definition) is 1. The van der Waals surface area contributed by atoms with Crippen LogP contribution in [0, 0.1) is 11.3 Å². The molecule has 0 aliphatic rings. The summed E-state index contributed by atoms with van der Waals surface area (Å²) in [6.07, 6.45) is 1.46. The lowest BCUT2D eigenvalue weighted by Gasteiger charge is -2.15. The van der Waals surface area contributed by atoms with Gasteiger partial charge in [-0.1, -0.05) is 41.9 Å². The number of anilines is 1. The van der Waals surface area contributed by atoms with Gasteiger partial charge in [0.2, 0.25) is 0 Å². The highest BCUT2D eigenvalue weighted by atomic mass is 35.5. The molecule has 34 heavy (non-hydrogen) atoms. The maximum atomic E-state index is 12.7. The van der Waals surface area contributed by atoms with Gasteiger partial charge in [-0.05, 0) is 67.4 Å². The maximum absolute atomic E-state index is 12.7. The Morgan fingerprint density at radius 1 is 1.00 bits per heavy atom. The molecule has 0 heterocycles. The molecule has 0 saturated carbocycles. The van der Waals surface area contributed by atoms with Gasteiger partial charge in [0.15, 0.2) is 11.5 Å². The van der Waals surface area contributed by atoms with Gasteiger partial charge in [0.25, 0.3) is 5.91 Å². The Bertz CT molecular complexity index is 1190. The second kappa shape index (κ2) is 12.3. The molecule has 3 aromatic rings. The monoisotopic (exact) mass is 476 g/mol. The van der Waals surface area contributed by atoms with E-state index in [1.165, 1.54) is 6.08 Å². The van der Waals surface area contributed by atoms with Crippen LogP contribution in [0.3, 0.4) is 0 Å². The van der Waals surface area contributed by atoms with Gasteiger partial charge in [-0.2, -0.15) is 5.26 Å². The maximum Gasteiger partial charge on any atom is 0.266 e. The number of benzene rings is 3. The van der Waals surface area contributed by atoms with Crippen LogP contribution < -0.4 is 19.5 Å². The molecule has 0 spiro atoms. The molecule has 0 radical (unpaired) electrons. The first-order valence-electron chi connectivity index (χ1n) is 10.8. The largest absolute Gasteiger partial charge is 0.494 e. The fourth-order valence-electron chi connectivity index (χ4n) is 3.12. The molecule has 0 unspecified atom stereocenters. The van der Waals surface area contributed by atoms with Crippen molar-refractivity contribution in [3.63, 3.8) is 0 Å². The summed E-state index contributed by atoms with van der Waals surface area (Å²) < 4.78 is 17.0. The minimum atomic E-state index is -0.537. The first-order chi connectivity index (χ1) is 16.5. The molecule has 3 rings (SSSR count). The standard InChI is InChI=1S/C27H25ClN2O4/c1-3-32-23-12-10-22(11-13-23)30-27(31)21(17-29)14-20-15-24(28)26(25(16-20)33-4-2)34-18-19-8-6-5-7-9-19/h5-16H,3-4,18H2,1-2H3,(H,30,31)/b21-14+. The molecule has 0 fully saturated rings. The zero-order valence-corrected chi connectivity index (χ0v) is 19.8. The molecule has 7 heteroatoms. The molecule has 3 aromatic carbocycles. The van der Waals surface area contributed by atoms with E-state index in [-0.39, 0.29) is 5.57 Å². The molecule has 0 aliphatic carbocycles. The fourth-order valence-corrected chi connectivity index (χ4v) is 3.39. The third-order valence-electron chi connectivity index (χ3n) is 4.66. The van der Waals surface area contributed by atoms with E-state index in [0.29, 0.717) is 53.3 Å². The van der Waals surface area contributed by atoms with Crippen molar-refractivity contribution in [3.8, 4) is 23.3 Å². The van der Waals surface area contributed by atoms with Crippen LogP contribution in [0.5, 0.6) is 17.2 Å². The number of nitriles is 1. The summed E-state index contributed by atoms with van der Waals surface area (Å²) in [5, 5.41) is 12.6. The molecule has 0 saturated heterocycles. The van der Waals surface area contributed by atoms with E-state index in [1.54, 1.807) is 36.4 Å². The van der Waals surface area contributed by atoms with Crippen LogP contribution in [0.2, 0.25) is 5.02 Å². The van der Waals surface area contributed by atoms with Crippen LogP contribution in [0.15, 0.2) is 72.3 Å². The number of hydrogen-bond acceptors (Lipinski definition) is 5. The second-order valence-electron chi connectivity index (χ2n) is 7.12. The summed E-state index contributed by atoms with van der Waals surface area (Å²) in [5.41, 5.74) is 2.00. The first kappa shape index (κ1) is 24.7. The Morgan fingerprint density at radius 3 is 2.35 bits per heavy atom. The van der Waals surface area contributed by atoms with Gasteiger partial charge in [0.1, 0.15) is 24.0 Å². The third-order valence-corrected chi connectivity index (χ3v) is 4.94. The Balaban J connectivity index is 1.80. The average Bonchev–Trinajstić information content (AvgIpc) is 2.84. The van der Waals surface area contributed by atoms with Gasteiger partial charge in [0.05, 0.1) is 18.2 Å². The van der Waals surface area contributed by atoms with Crippen molar-refractivity contribution in [1.82, 2.24) is 0 Å². The summed E-state index contributed by atoms with van der Waals surface area (Å²) in [4.78, 5) is 12.7. The van der Waals surface area contributed by atoms with Crippen LogP contribution in [0.25, 0.3) is 6.08 Å². The summed E-state index contributed by atoms with van der Waals surface area (Å²) >= 11 is 6.48. The first-order valence-corrected chi connectivity index (χ1v) is 11.2. The van der Waals surface area contributed by atoms with Crippen molar-refractivity contribution in [2.45, 2.75) is 20.5 Å². The smallest absolute Gasteiger partial charge is 0.266 e. The number of carbonyl (C=O) groups is 1. The predicted molar refractivity (Wildman–Crippen MR) is 133 cm³/mol. The molecule has 6 nitrogen and oxygen atoms in total. The minimum absolute atomic E-state index is 0.0784. The summed E-state index contributed by atoms with van der Waals surface area (Å²) in [5.74, 6) is 0.998. The molecule has 1 N–H and O–H groups in total. The van der Waals surface area contributed by atoms with Gasteiger partial charge < -0.3 is 19.5 Å². The van der Waals surface area contributed by atoms with Crippen molar-refractivity contribution in [2.24, 2.45) is 0 Å². The van der Waals surface area contributed by atoms with Crippen molar-refractivity contribution in [3.05, 3.63) is 88.5 Å². The number of rotatable bonds is 10. The van der Waals surface area contributed by atoms with E-state index in [9.17, 15) is 10.1 Å². The predicted octanol–water partition coefficient (Wildman–Crippen LogP) is 6.26. The molecule has 0 aliphatic heterocycles. The third kappa shape index (κ3) is 6.77. The van der Waals surface area contributed by atoms with Gasteiger partial charge in [0, 0.05) is 5.69 Å². The molecule has 0 aromatic heterocycles. The molecule has 0 atom stereocenters. The van der Waals surface area contributed by atoms with Crippen LogP contribution >= 0.6 is 11.6 Å². The van der Waals surface area contributed by atoms with Gasteiger partial charge >= 0.3 is 0 Å². The molecule has 174 valence electrons. The van der Waals surface area contributed by atoms with Crippen LogP contribution in [-0.4, -0.2) is 19.1 Å². The number of amides is 1. The van der Waals surface area contributed by atoms with Crippen molar-refractivity contribution < 1.29 is 19.0 Å². The number of nitrogens with one attached hydrogen (secondary N) is 1. The van der Waals surface area contributed by atoms with Gasteiger partial charge in [-0.15, -0.1) is 0 Å². The Labute approximate surface area is 204 Å². The van der Waals surface area contributed by atoms with E-state index in [2.05, 4.69) is 5.32 Å². The molecular formula is C27H25ClN2O4. The lowest BCUT2D eigenvalue weighted by atomic mass is 10.1. The normalized spacial score (nSPS) is 10.8. The Hall–Kier alpha value is -3.95. The number of nitrogens with zero attached hydrogens (tertiary/aromatic N) is 1. The van der Waals surface area contributed by atoms with E-state index in [1.807, 2.05) is 50.2 Å². The number of carbonyl (C=O) groups excluding carboxylic acids is 1. The molecule has 0 bridgehead atoms. The second-order valence-corrected chi connectivity index (χ2v) is 7.53. The number of ether oxygens (including phenoxy) is 3. The highest BCUT2D eigenvalue weighted by Gasteiger charge is 2.15. The van der Waals surface area contributed by atoms with E-state index >= 15 is 0 Å². The lowest BCUT2D eigenvalue weighted by molar-refractivity contribution is -0.112. The van der Waals surface area contributed by atoms with E-state index in [4.69, 9.17) is 25.8 Å². The molecule has 1 amide bonds. The SMILES string of the molecule is CCOc1ccc(NC(=O)/C(C#N)=C/c2cc(Cl)c(OCc3ccccc3)c(OCC)c2)cc1. The highest BCUT2D eigenvalue weighted by Crippen LogP contribution is 2.38. The summed E-state index contributed by atoms with van der Waals surface area (Å²) in [6.45, 7) is 5.01.